The van der Waals surface area contributed by atoms with E-state index in [0.29, 0.717) is 12.1 Å². The van der Waals surface area contributed by atoms with Gasteiger partial charge in [0, 0.05) is 35.7 Å². The fourth-order valence-corrected chi connectivity index (χ4v) is 3.39. The van der Waals surface area contributed by atoms with Crippen LogP contribution in [0.3, 0.4) is 0 Å². The third-order valence-corrected chi connectivity index (χ3v) is 4.30. The van der Waals surface area contributed by atoms with E-state index in [0.717, 1.165) is 18.8 Å². The van der Waals surface area contributed by atoms with Gasteiger partial charge in [-0.15, -0.1) is 0 Å². The van der Waals surface area contributed by atoms with Gasteiger partial charge in [0.15, 0.2) is 5.82 Å². The third kappa shape index (κ3) is 3.13. The second-order valence-electron chi connectivity index (χ2n) is 5.14. The highest BCUT2D eigenvalue weighted by Crippen LogP contribution is 2.30. The number of benzene rings is 1. The van der Waals surface area contributed by atoms with Crippen molar-refractivity contribution in [2.45, 2.75) is 25.1 Å². The quantitative estimate of drug-likeness (QED) is 0.823. The zero-order chi connectivity index (χ0) is 12.5. The molecule has 1 saturated heterocycles. The Kier molecular flexibility index (Phi) is 3.64. The zero-order valence-electron chi connectivity index (χ0n) is 10.4. The molecule has 1 aromatic rings. The van der Waals surface area contributed by atoms with Crippen LogP contribution in [0.15, 0.2) is 18.2 Å². The van der Waals surface area contributed by atoms with Crippen molar-refractivity contribution in [3.63, 3.8) is 0 Å². The van der Waals surface area contributed by atoms with Gasteiger partial charge in [-0.25, -0.2) is 4.39 Å². The van der Waals surface area contributed by atoms with E-state index in [1.807, 2.05) is 23.9 Å². The lowest BCUT2D eigenvalue weighted by molar-refractivity contribution is 0.249. The van der Waals surface area contributed by atoms with Crippen molar-refractivity contribution in [2.24, 2.45) is 0 Å². The van der Waals surface area contributed by atoms with Crippen LogP contribution in [0.25, 0.3) is 0 Å². The average molecular weight is 254 g/mol. The number of nitrogens with two attached hydrogens (primary N) is 1. The fourth-order valence-electron chi connectivity index (χ4n) is 2.21. The molecule has 0 saturated carbocycles. The van der Waals surface area contributed by atoms with Crippen LogP contribution in [0.2, 0.25) is 0 Å². The summed E-state index contributed by atoms with van der Waals surface area (Å²) in [5.41, 5.74) is 6.53. The van der Waals surface area contributed by atoms with Crippen LogP contribution in [0.1, 0.15) is 19.4 Å². The van der Waals surface area contributed by atoms with Crippen LogP contribution in [0.5, 0.6) is 0 Å². The van der Waals surface area contributed by atoms with Gasteiger partial charge in [-0.05, 0) is 19.9 Å². The molecule has 4 heteroatoms. The first-order valence-electron chi connectivity index (χ1n) is 5.87. The monoisotopic (exact) mass is 254 g/mol. The van der Waals surface area contributed by atoms with Crippen LogP contribution >= 0.6 is 11.8 Å². The first-order valence-corrected chi connectivity index (χ1v) is 6.86. The fraction of sp³-hybridized carbons (Fsp3) is 0.538. The van der Waals surface area contributed by atoms with E-state index in [1.165, 1.54) is 0 Å². The summed E-state index contributed by atoms with van der Waals surface area (Å²) in [6, 6.07) is 5.24. The normalized spacial score (nSPS) is 20.4. The number of anilines is 1. The van der Waals surface area contributed by atoms with Crippen molar-refractivity contribution >= 4 is 17.4 Å². The molecule has 0 radical (unpaired) electrons. The van der Waals surface area contributed by atoms with Crippen molar-refractivity contribution in [2.75, 3.05) is 24.6 Å². The van der Waals surface area contributed by atoms with Gasteiger partial charge in [0.05, 0.1) is 5.69 Å². The van der Waals surface area contributed by atoms with Gasteiger partial charge in [0.2, 0.25) is 0 Å². The molecule has 1 aromatic carbocycles. The molecule has 2 rings (SSSR count). The molecule has 0 aromatic heterocycles. The summed E-state index contributed by atoms with van der Waals surface area (Å²) >= 11 is 1.98. The molecule has 2 N–H and O–H groups in total. The predicted molar refractivity (Wildman–Crippen MR) is 72.6 cm³/mol. The minimum Gasteiger partial charge on any atom is -0.396 e. The summed E-state index contributed by atoms with van der Waals surface area (Å²) < 4.78 is 14.1. The minimum absolute atomic E-state index is 0.244. The molecule has 94 valence electrons. The smallest absolute Gasteiger partial charge is 0.150 e. The van der Waals surface area contributed by atoms with E-state index < -0.39 is 0 Å². The maximum Gasteiger partial charge on any atom is 0.150 e. The molecule has 2 nitrogen and oxygen atoms in total. The van der Waals surface area contributed by atoms with Crippen molar-refractivity contribution in [1.29, 1.82) is 0 Å². The molecular weight excluding hydrogens is 235 g/mol. The third-order valence-electron chi connectivity index (χ3n) is 3.01. The Balaban J connectivity index is 2.08. The molecule has 0 amide bonds. The number of nitrogens with zero attached hydrogens (tertiary/aromatic N) is 1. The maximum absolute atomic E-state index is 13.8. The van der Waals surface area contributed by atoms with Crippen molar-refractivity contribution in [3.8, 4) is 0 Å². The lowest BCUT2D eigenvalue weighted by Crippen LogP contribution is -2.42. The number of thioether (sulfide) groups is 1. The van der Waals surface area contributed by atoms with E-state index in [-0.39, 0.29) is 16.3 Å². The number of rotatable bonds is 2. The summed E-state index contributed by atoms with van der Waals surface area (Å²) in [5.74, 6) is 0.847. The number of halogens is 1. The Morgan fingerprint density at radius 3 is 2.94 bits per heavy atom. The molecule has 0 spiro atoms. The molecule has 1 aliphatic rings. The Morgan fingerprint density at radius 2 is 2.24 bits per heavy atom. The Bertz CT molecular complexity index is 406. The standard InChI is InChI=1S/C13H19FN2S/c1-13(2)9-16(6-7-17-13)8-10-4-3-5-11(15)12(10)14/h3-5H,6-9,15H2,1-2H3. The Morgan fingerprint density at radius 1 is 1.47 bits per heavy atom. The minimum atomic E-state index is -0.261. The zero-order valence-corrected chi connectivity index (χ0v) is 11.2. The summed E-state index contributed by atoms with van der Waals surface area (Å²) in [4.78, 5) is 2.30. The van der Waals surface area contributed by atoms with E-state index in [2.05, 4.69) is 18.7 Å². The lowest BCUT2D eigenvalue weighted by Gasteiger charge is -2.37. The van der Waals surface area contributed by atoms with Gasteiger partial charge in [-0.1, -0.05) is 12.1 Å². The van der Waals surface area contributed by atoms with Crippen LogP contribution in [-0.2, 0) is 6.54 Å². The molecule has 1 aliphatic heterocycles. The van der Waals surface area contributed by atoms with Gasteiger partial charge < -0.3 is 5.73 Å². The Labute approximate surface area is 106 Å². The van der Waals surface area contributed by atoms with E-state index in [4.69, 9.17) is 5.73 Å². The van der Waals surface area contributed by atoms with E-state index in [9.17, 15) is 4.39 Å². The van der Waals surface area contributed by atoms with Crippen molar-refractivity contribution < 1.29 is 4.39 Å². The second kappa shape index (κ2) is 4.86. The molecule has 0 aliphatic carbocycles. The highest BCUT2D eigenvalue weighted by molar-refractivity contribution is 8.00. The first kappa shape index (κ1) is 12.7. The number of hydrogen-bond acceptors (Lipinski definition) is 3. The topological polar surface area (TPSA) is 29.3 Å². The average Bonchev–Trinajstić information content (AvgIpc) is 2.23. The van der Waals surface area contributed by atoms with Gasteiger partial charge >= 0.3 is 0 Å². The predicted octanol–water partition coefficient (Wildman–Crippen LogP) is 2.74. The molecule has 0 bridgehead atoms. The molecule has 1 heterocycles. The molecule has 0 unspecified atom stereocenters. The SMILES string of the molecule is CC1(C)CN(Cc2cccc(N)c2F)CCS1. The second-order valence-corrected chi connectivity index (χ2v) is 6.94. The molecule has 0 atom stereocenters. The summed E-state index contributed by atoms with van der Waals surface area (Å²) in [7, 11) is 0. The van der Waals surface area contributed by atoms with Gasteiger partial charge in [-0.2, -0.15) is 11.8 Å². The first-order chi connectivity index (χ1) is 7.98. The van der Waals surface area contributed by atoms with Gasteiger partial charge in [0.25, 0.3) is 0 Å². The molecular formula is C13H19FN2S. The van der Waals surface area contributed by atoms with Crippen molar-refractivity contribution in [1.82, 2.24) is 4.90 Å². The van der Waals surface area contributed by atoms with E-state index in [1.54, 1.807) is 6.07 Å². The summed E-state index contributed by atoms with van der Waals surface area (Å²) in [6.45, 7) is 7.13. The summed E-state index contributed by atoms with van der Waals surface area (Å²) in [6.07, 6.45) is 0. The van der Waals surface area contributed by atoms with Crippen LogP contribution in [0, 0.1) is 5.82 Å². The molecule has 17 heavy (non-hydrogen) atoms. The number of nitrogen functional groups attached to an aromatic ring is 1. The van der Waals surface area contributed by atoms with Crippen LogP contribution in [0.4, 0.5) is 10.1 Å². The molecule has 1 fully saturated rings. The maximum atomic E-state index is 13.8. The largest absolute Gasteiger partial charge is 0.396 e. The van der Waals surface area contributed by atoms with Gasteiger partial charge in [-0.3, -0.25) is 4.90 Å². The van der Waals surface area contributed by atoms with Gasteiger partial charge in [0.1, 0.15) is 0 Å². The number of hydrogen-bond donors (Lipinski definition) is 1. The lowest BCUT2D eigenvalue weighted by atomic mass is 10.1. The van der Waals surface area contributed by atoms with Crippen LogP contribution in [-0.4, -0.2) is 28.5 Å². The Hall–Kier alpha value is -0.740. The highest BCUT2D eigenvalue weighted by atomic mass is 32.2. The van der Waals surface area contributed by atoms with Crippen molar-refractivity contribution in [3.05, 3.63) is 29.6 Å². The summed E-state index contributed by atoms with van der Waals surface area (Å²) in [5, 5.41) is 0. The van der Waals surface area contributed by atoms with Crippen LogP contribution < -0.4 is 5.73 Å². The van der Waals surface area contributed by atoms with E-state index >= 15 is 0 Å². The highest BCUT2D eigenvalue weighted by Gasteiger charge is 2.27.